The first-order valence-electron chi connectivity index (χ1n) is 11.0. The van der Waals surface area contributed by atoms with Crippen molar-refractivity contribution in [3.63, 3.8) is 0 Å². The highest BCUT2D eigenvalue weighted by atomic mass is 16.5. The van der Waals surface area contributed by atoms with Crippen molar-refractivity contribution in [2.75, 3.05) is 7.11 Å². The van der Waals surface area contributed by atoms with Gasteiger partial charge in [-0.3, -0.25) is 14.6 Å². The molecule has 1 fully saturated rings. The van der Waals surface area contributed by atoms with Crippen LogP contribution in [0.4, 0.5) is 0 Å². The summed E-state index contributed by atoms with van der Waals surface area (Å²) in [6.07, 6.45) is 3.21. The molecule has 7 nitrogen and oxygen atoms in total. The van der Waals surface area contributed by atoms with Crippen molar-refractivity contribution in [1.29, 1.82) is 0 Å². The van der Waals surface area contributed by atoms with Crippen molar-refractivity contribution >= 4 is 17.4 Å². The second kappa shape index (κ2) is 9.79. The number of nitrogens with zero attached hydrogens (tertiary/aromatic N) is 2. The number of Topliss-reactive ketones (excluding diaryl/α,β-unsaturated/α-hetero) is 1. The van der Waals surface area contributed by atoms with Gasteiger partial charge in [0, 0.05) is 24.5 Å². The lowest BCUT2D eigenvalue weighted by atomic mass is 9.95. The molecule has 3 aromatic rings. The number of aliphatic hydroxyl groups is 1. The first kappa shape index (κ1) is 23.0. The van der Waals surface area contributed by atoms with Crippen LogP contribution in [-0.4, -0.2) is 39.9 Å². The van der Waals surface area contributed by atoms with E-state index in [1.165, 1.54) is 4.90 Å². The first-order valence-corrected chi connectivity index (χ1v) is 11.0. The van der Waals surface area contributed by atoms with Crippen molar-refractivity contribution in [3.05, 3.63) is 95.3 Å². The number of likely N-dealkylation sites (tertiary alicyclic amines) is 1. The van der Waals surface area contributed by atoms with E-state index in [1.54, 1.807) is 74.1 Å². The highest BCUT2D eigenvalue weighted by molar-refractivity contribution is 6.46. The number of hydrogen-bond acceptors (Lipinski definition) is 6. The minimum atomic E-state index is -0.794. The van der Waals surface area contributed by atoms with Crippen LogP contribution < -0.4 is 9.47 Å². The summed E-state index contributed by atoms with van der Waals surface area (Å²) < 4.78 is 11.1. The van der Waals surface area contributed by atoms with E-state index in [4.69, 9.17) is 9.47 Å². The molecule has 174 valence electrons. The third kappa shape index (κ3) is 4.64. The Morgan fingerprint density at radius 1 is 1.03 bits per heavy atom. The third-order valence-corrected chi connectivity index (χ3v) is 5.53. The Morgan fingerprint density at radius 2 is 1.74 bits per heavy atom. The topological polar surface area (TPSA) is 89.0 Å². The van der Waals surface area contributed by atoms with Gasteiger partial charge in [0.05, 0.1) is 24.8 Å². The molecular weight excluding hydrogens is 432 g/mol. The number of carbonyl (C=O) groups is 2. The number of pyridine rings is 1. The smallest absolute Gasteiger partial charge is 0.295 e. The lowest BCUT2D eigenvalue weighted by Gasteiger charge is -2.25. The molecule has 1 N–H and O–H groups in total. The molecule has 0 spiro atoms. The van der Waals surface area contributed by atoms with E-state index in [9.17, 15) is 14.7 Å². The van der Waals surface area contributed by atoms with Gasteiger partial charge in [-0.05, 0) is 61.4 Å². The Kier molecular flexibility index (Phi) is 6.63. The Labute approximate surface area is 198 Å². The standard InChI is InChI=1S/C27H26N2O5/c1-17(2)34-22-9-5-7-20(15-22)25(30)23-24(19-6-4-8-21(14-19)33-3)29(27(32)26(23)31)16-18-10-12-28-13-11-18/h4-15,17,24,30H,16H2,1-3H3/b25-23-. The molecule has 4 rings (SSSR count). The highest BCUT2D eigenvalue weighted by Crippen LogP contribution is 2.41. The van der Waals surface area contributed by atoms with Crippen LogP contribution in [0.1, 0.15) is 36.6 Å². The maximum Gasteiger partial charge on any atom is 0.295 e. The molecule has 1 aliphatic heterocycles. The minimum absolute atomic E-state index is 0.0222. The van der Waals surface area contributed by atoms with Gasteiger partial charge in [0.2, 0.25) is 0 Å². The van der Waals surface area contributed by atoms with Crippen LogP contribution in [0.3, 0.4) is 0 Å². The van der Waals surface area contributed by atoms with E-state index in [0.29, 0.717) is 22.6 Å². The monoisotopic (exact) mass is 458 g/mol. The molecule has 7 heteroatoms. The molecule has 1 atom stereocenters. The van der Waals surface area contributed by atoms with Crippen molar-refractivity contribution in [3.8, 4) is 11.5 Å². The maximum absolute atomic E-state index is 13.2. The highest BCUT2D eigenvalue weighted by Gasteiger charge is 2.46. The summed E-state index contributed by atoms with van der Waals surface area (Å²) in [4.78, 5) is 31.9. The van der Waals surface area contributed by atoms with E-state index < -0.39 is 17.7 Å². The number of ether oxygens (including phenoxy) is 2. The number of methoxy groups -OCH3 is 1. The number of amides is 1. The van der Waals surface area contributed by atoms with Crippen molar-refractivity contribution in [2.45, 2.75) is 32.5 Å². The minimum Gasteiger partial charge on any atom is -0.507 e. The summed E-state index contributed by atoms with van der Waals surface area (Å²) in [5.41, 5.74) is 1.89. The lowest BCUT2D eigenvalue weighted by Crippen LogP contribution is -2.29. The second-order valence-corrected chi connectivity index (χ2v) is 8.25. The van der Waals surface area contributed by atoms with Crippen molar-refractivity contribution in [2.24, 2.45) is 0 Å². The van der Waals surface area contributed by atoms with Crippen LogP contribution in [0.25, 0.3) is 5.76 Å². The second-order valence-electron chi connectivity index (χ2n) is 8.25. The number of rotatable bonds is 7. The van der Waals surface area contributed by atoms with Crippen LogP contribution in [0, 0.1) is 0 Å². The zero-order chi connectivity index (χ0) is 24.2. The van der Waals surface area contributed by atoms with E-state index >= 15 is 0 Å². The number of ketones is 1. The number of aliphatic hydroxyl groups excluding tert-OH is 1. The SMILES string of the molecule is COc1cccc(C2/C(=C(/O)c3cccc(OC(C)C)c3)C(=O)C(=O)N2Cc2ccncc2)c1. The maximum atomic E-state index is 13.2. The van der Waals surface area contributed by atoms with Crippen LogP contribution in [0.5, 0.6) is 11.5 Å². The zero-order valence-electron chi connectivity index (χ0n) is 19.3. The van der Waals surface area contributed by atoms with E-state index in [1.807, 2.05) is 19.9 Å². The summed E-state index contributed by atoms with van der Waals surface area (Å²) in [6.45, 7) is 3.99. The molecule has 0 radical (unpaired) electrons. The molecule has 0 bridgehead atoms. The van der Waals surface area contributed by atoms with Gasteiger partial charge in [-0.2, -0.15) is 0 Å². The van der Waals surface area contributed by atoms with Crippen LogP contribution in [0.15, 0.2) is 78.6 Å². The molecule has 1 saturated heterocycles. The summed E-state index contributed by atoms with van der Waals surface area (Å²) in [5.74, 6) is -0.532. The molecular formula is C27H26N2O5. The average Bonchev–Trinajstić information content (AvgIpc) is 3.09. The summed E-state index contributed by atoms with van der Waals surface area (Å²) in [6, 6.07) is 16.8. The lowest BCUT2D eigenvalue weighted by molar-refractivity contribution is -0.140. The molecule has 1 unspecified atom stereocenters. The summed E-state index contributed by atoms with van der Waals surface area (Å²) in [5, 5.41) is 11.3. The van der Waals surface area contributed by atoms with Gasteiger partial charge < -0.3 is 19.5 Å². The van der Waals surface area contributed by atoms with Gasteiger partial charge in [-0.25, -0.2) is 0 Å². The fourth-order valence-electron chi connectivity index (χ4n) is 4.03. The van der Waals surface area contributed by atoms with Gasteiger partial charge >= 0.3 is 0 Å². The normalized spacial score (nSPS) is 17.3. The van der Waals surface area contributed by atoms with Gasteiger partial charge in [0.15, 0.2) is 0 Å². The zero-order valence-corrected chi connectivity index (χ0v) is 19.3. The average molecular weight is 459 g/mol. The predicted octanol–water partition coefficient (Wildman–Crippen LogP) is 4.50. The Bertz CT molecular complexity index is 1240. The van der Waals surface area contributed by atoms with Crippen molar-refractivity contribution in [1.82, 2.24) is 9.88 Å². The molecule has 2 aromatic carbocycles. The van der Waals surface area contributed by atoms with Crippen LogP contribution in [-0.2, 0) is 16.1 Å². The third-order valence-electron chi connectivity index (χ3n) is 5.53. The van der Waals surface area contributed by atoms with E-state index in [-0.39, 0.29) is 24.0 Å². The summed E-state index contributed by atoms with van der Waals surface area (Å²) in [7, 11) is 1.55. The van der Waals surface area contributed by atoms with Crippen molar-refractivity contribution < 1.29 is 24.2 Å². The molecule has 1 aromatic heterocycles. The predicted molar refractivity (Wildman–Crippen MR) is 127 cm³/mol. The molecule has 0 saturated carbocycles. The first-order chi connectivity index (χ1) is 16.4. The van der Waals surface area contributed by atoms with E-state index in [2.05, 4.69) is 4.98 Å². The number of aromatic nitrogens is 1. The largest absolute Gasteiger partial charge is 0.507 e. The van der Waals surface area contributed by atoms with Crippen LogP contribution >= 0.6 is 0 Å². The number of hydrogen-bond donors (Lipinski definition) is 1. The molecule has 34 heavy (non-hydrogen) atoms. The van der Waals surface area contributed by atoms with E-state index in [0.717, 1.165) is 5.56 Å². The molecule has 0 aliphatic carbocycles. The van der Waals surface area contributed by atoms with Crippen LogP contribution in [0.2, 0.25) is 0 Å². The van der Waals surface area contributed by atoms with Gasteiger partial charge in [-0.15, -0.1) is 0 Å². The molecule has 2 heterocycles. The fourth-order valence-corrected chi connectivity index (χ4v) is 4.03. The number of benzene rings is 2. The molecule has 1 amide bonds. The fraction of sp³-hybridized carbons (Fsp3) is 0.222. The number of carbonyl (C=O) groups excluding carboxylic acids is 2. The quantitative estimate of drug-likeness (QED) is 0.319. The van der Waals surface area contributed by atoms with Gasteiger partial charge in [0.25, 0.3) is 11.7 Å². The Balaban J connectivity index is 1.85. The Hall–Kier alpha value is -4.13. The van der Waals surface area contributed by atoms with Gasteiger partial charge in [-0.1, -0.05) is 24.3 Å². The summed E-state index contributed by atoms with van der Waals surface area (Å²) >= 11 is 0. The Morgan fingerprint density at radius 3 is 2.44 bits per heavy atom. The molecule has 1 aliphatic rings. The van der Waals surface area contributed by atoms with Gasteiger partial charge in [0.1, 0.15) is 17.3 Å².